The van der Waals surface area contributed by atoms with Gasteiger partial charge in [0.05, 0.1) is 24.2 Å². The number of anilines is 1. The Hall–Kier alpha value is -3.69. The molecule has 1 fully saturated rings. The number of aromatic nitrogens is 2. The summed E-state index contributed by atoms with van der Waals surface area (Å²) in [7, 11) is 1.48. The van der Waals surface area contributed by atoms with Crippen molar-refractivity contribution in [1.29, 1.82) is 0 Å². The number of carbonyl (C=O) groups excluding carboxylic acids is 1. The van der Waals surface area contributed by atoms with Gasteiger partial charge in [-0.15, -0.1) is 0 Å². The Morgan fingerprint density at radius 3 is 2.63 bits per heavy atom. The van der Waals surface area contributed by atoms with Crippen LogP contribution in [0.2, 0.25) is 5.02 Å². The molecule has 4 aromatic rings. The number of halogens is 2. The lowest BCUT2D eigenvalue weighted by Gasteiger charge is -2.22. The van der Waals surface area contributed by atoms with Crippen LogP contribution in [-0.4, -0.2) is 35.5 Å². The second-order valence-electron chi connectivity index (χ2n) is 10.0. The number of benzene rings is 3. The molecule has 1 saturated carbocycles. The molecule has 0 saturated heterocycles. The van der Waals surface area contributed by atoms with E-state index < -0.39 is 0 Å². The first-order chi connectivity index (χ1) is 19.9. The molecule has 1 heterocycles. The van der Waals surface area contributed by atoms with E-state index in [9.17, 15) is 9.59 Å². The highest BCUT2D eigenvalue weighted by Gasteiger charge is 2.23. The Labute approximate surface area is 251 Å². The zero-order valence-corrected chi connectivity index (χ0v) is 25.2. The van der Waals surface area contributed by atoms with Gasteiger partial charge in [0, 0.05) is 21.6 Å². The number of amides is 1. The maximum absolute atomic E-state index is 13.5. The third-order valence-electron chi connectivity index (χ3n) is 7.12. The number of ether oxygens (including phenoxy) is 2. The highest BCUT2D eigenvalue weighted by molar-refractivity contribution is 9.10. The van der Waals surface area contributed by atoms with Crippen molar-refractivity contribution in [3.05, 3.63) is 91.4 Å². The summed E-state index contributed by atoms with van der Waals surface area (Å²) in [4.78, 5) is 30.9. The first-order valence-electron chi connectivity index (χ1n) is 13.5. The lowest BCUT2D eigenvalue weighted by molar-refractivity contribution is -0.118. The molecule has 1 amide bonds. The van der Waals surface area contributed by atoms with Crippen LogP contribution in [0, 0.1) is 6.92 Å². The Bertz CT molecular complexity index is 1660. The molecule has 0 aliphatic heterocycles. The molecule has 8 nitrogen and oxygen atoms in total. The molecule has 1 aromatic heterocycles. The topological polar surface area (TPSA) is 94.8 Å². The van der Waals surface area contributed by atoms with Crippen LogP contribution < -0.4 is 20.3 Å². The quantitative estimate of drug-likeness (QED) is 0.209. The van der Waals surface area contributed by atoms with E-state index >= 15 is 0 Å². The summed E-state index contributed by atoms with van der Waals surface area (Å²) in [6.45, 7) is 1.70. The van der Waals surface area contributed by atoms with E-state index in [2.05, 4.69) is 26.3 Å². The van der Waals surface area contributed by atoms with Gasteiger partial charge in [-0.2, -0.15) is 9.78 Å². The zero-order valence-electron chi connectivity index (χ0n) is 22.8. The van der Waals surface area contributed by atoms with E-state index in [1.807, 2.05) is 49.4 Å². The molecule has 1 aliphatic rings. The molecule has 0 unspecified atom stereocenters. The Kier molecular flexibility index (Phi) is 9.05. The molecule has 0 spiro atoms. The summed E-state index contributed by atoms with van der Waals surface area (Å²) in [5.74, 6) is 1.01. The van der Waals surface area contributed by atoms with Gasteiger partial charge in [-0.05, 0) is 66.0 Å². The fourth-order valence-electron chi connectivity index (χ4n) is 4.95. The molecular formula is C31H30BrClN4O4. The summed E-state index contributed by atoms with van der Waals surface area (Å²) in [5, 5.41) is 8.11. The summed E-state index contributed by atoms with van der Waals surface area (Å²) in [6, 6.07) is 16.5. The maximum atomic E-state index is 13.5. The zero-order chi connectivity index (χ0) is 28.9. The van der Waals surface area contributed by atoms with Crippen LogP contribution in [0.4, 0.5) is 5.69 Å². The van der Waals surface area contributed by atoms with Gasteiger partial charge in [-0.3, -0.25) is 9.59 Å². The molecule has 0 radical (unpaired) electrons. The summed E-state index contributed by atoms with van der Waals surface area (Å²) >= 11 is 10.2. The number of hydrogen-bond donors (Lipinski definition) is 1. The number of carbonyl (C=O) groups is 1. The predicted octanol–water partition coefficient (Wildman–Crippen LogP) is 7.08. The van der Waals surface area contributed by atoms with Gasteiger partial charge in [0.15, 0.2) is 18.1 Å². The average molecular weight is 638 g/mol. The molecular weight excluding hydrogens is 608 g/mol. The molecule has 5 rings (SSSR count). The number of rotatable bonds is 8. The minimum absolute atomic E-state index is 0.154. The number of nitrogens with zero attached hydrogens (tertiary/aromatic N) is 3. The highest BCUT2D eigenvalue weighted by atomic mass is 79.9. The number of hydrogen-bond acceptors (Lipinski definition) is 6. The van der Waals surface area contributed by atoms with Crippen LogP contribution in [0.5, 0.6) is 11.5 Å². The smallest absolute Gasteiger partial charge is 0.282 e. The van der Waals surface area contributed by atoms with Crippen LogP contribution in [0.3, 0.4) is 0 Å². The van der Waals surface area contributed by atoms with E-state index in [0.717, 1.165) is 31.2 Å². The number of nitrogens with one attached hydrogen (secondary N) is 1. The van der Waals surface area contributed by atoms with E-state index in [1.165, 1.54) is 18.2 Å². The maximum Gasteiger partial charge on any atom is 0.282 e. The number of methoxy groups -OCH3 is 1. The SMILES string of the molecule is COc1cc(C=Nn2c(C3CCCCC3)nc3ccccc3c2=O)c(Br)c(Cl)c1OCC(=O)Nc1ccc(C)cc1. The van der Waals surface area contributed by atoms with Crippen molar-refractivity contribution in [1.82, 2.24) is 9.66 Å². The second kappa shape index (κ2) is 12.9. The van der Waals surface area contributed by atoms with E-state index in [-0.39, 0.29) is 34.8 Å². The van der Waals surface area contributed by atoms with Crippen LogP contribution in [0.15, 0.2) is 69.0 Å². The Balaban J connectivity index is 1.43. The van der Waals surface area contributed by atoms with Crippen molar-refractivity contribution in [2.75, 3.05) is 19.0 Å². The van der Waals surface area contributed by atoms with Gasteiger partial charge in [0.1, 0.15) is 10.8 Å². The largest absolute Gasteiger partial charge is 0.493 e. The standard InChI is InChI=1S/C31H30BrClN4O4/c1-19-12-14-22(15-13-19)35-26(38)18-41-29-25(40-2)16-21(27(32)28(29)33)17-34-37-30(20-8-4-3-5-9-20)36-24-11-7-6-10-23(24)31(37)39/h6-7,10-17,20H,3-5,8-9,18H2,1-2H3,(H,35,38). The molecule has 1 N–H and O–H groups in total. The molecule has 212 valence electrons. The molecule has 0 atom stereocenters. The highest BCUT2D eigenvalue weighted by Crippen LogP contribution is 2.42. The second-order valence-corrected chi connectivity index (χ2v) is 11.2. The van der Waals surface area contributed by atoms with E-state index in [1.54, 1.807) is 18.3 Å². The first kappa shape index (κ1) is 28.8. The summed E-state index contributed by atoms with van der Waals surface area (Å²) in [5.41, 5.74) is 2.78. The van der Waals surface area contributed by atoms with Crippen molar-refractivity contribution in [2.45, 2.75) is 44.9 Å². The van der Waals surface area contributed by atoms with Gasteiger partial charge in [0.25, 0.3) is 11.5 Å². The van der Waals surface area contributed by atoms with Crippen LogP contribution >= 0.6 is 27.5 Å². The molecule has 3 aromatic carbocycles. The monoisotopic (exact) mass is 636 g/mol. The van der Waals surface area contributed by atoms with Gasteiger partial charge < -0.3 is 14.8 Å². The Morgan fingerprint density at radius 2 is 1.90 bits per heavy atom. The van der Waals surface area contributed by atoms with Crippen molar-refractivity contribution < 1.29 is 14.3 Å². The predicted molar refractivity (Wildman–Crippen MR) is 166 cm³/mol. The molecule has 1 aliphatic carbocycles. The average Bonchev–Trinajstić information content (AvgIpc) is 2.99. The fraction of sp³-hybridized carbons (Fsp3) is 0.290. The number of fused-ring (bicyclic) bond motifs is 1. The van der Waals surface area contributed by atoms with Gasteiger partial charge in [0.2, 0.25) is 0 Å². The summed E-state index contributed by atoms with van der Waals surface area (Å²) in [6.07, 6.45) is 6.86. The van der Waals surface area contributed by atoms with E-state index in [0.29, 0.717) is 38.2 Å². The minimum Gasteiger partial charge on any atom is -0.493 e. The van der Waals surface area contributed by atoms with Crippen molar-refractivity contribution in [2.24, 2.45) is 5.10 Å². The number of aryl methyl sites for hydroxylation is 1. The Morgan fingerprint density at radius 1 is 1.17 bits per heavy atom. The van der Waals surface area contributed by atoms with Crippen LogP contribution in [0.25, 0.3) is 10.9 Å². The third kappa shape index (κ3) is 6.47. The van der Waals surface area contributed by atoms with Crippen molar-refractivity contribution in [3.63, 3.8) is 0 Å². The van der Waals surface area contributed by atoms with Crippen molar-refractivity contribution >= 4 is 56.2 Å². The summed E-state index contributed by atoms with van der Waals surface area (Å²) < 4.78 is 13.2. The fourth-order valence-corrected chi connectivity index (χ4v) is 5.61. The molecule has 10 heteroatoms. The first-order valence-corrected chi connectivity index (χ1v) is 14.6. The third-order valence-corrected chi connectivity index (χ3v) is 8.56. The van der Waals surface area contributed by atoms with E-state index in [4.69, 9.17) is 26.1 Å². The number of para-hydroxylation sites is 1. The molecule has 41 heavy (non-hydrogen) atoms. The normalized spacial score (nSPS) is 14.0. The lowest BCUT2D eigenvalue weighted by atomic mass is 9.88. The molecule has 0 bridgehead atoms. The lowest BCUT2D eigenvalue weighted by Crippen LogP contribution is -2.25. The van der Waals surface area contributed by atoms with Gasteiger partial charge in [-0.1, -0.05) is 60.7 Å². The van der Waals surface area contributed by atoms with Crippen LogP contribution in [0.1, 0.15) is 55.0 Å². The van der Waals surface area contributed by atoms with Gasteiger partial charge in [-0.25, -0.2) is 4.98 Å². The van der Waals surface area contributed by atoms with Gasteiger partial charge >= 0.3 is 0 Å². The van der Waals surface area contributed by atoms with Crippen LogP contribution in [-0.2, 0) is 4.79 Å². The minimum atomic E-state index is -0.341. The van der Waals surface area contributed by atoms with Crippen molar-refractivity contribution in [3.8, 4) is 11.5 Å².